The summed E-state index contributed by atoms with van der Waals surface area (Å²) in [6, 6.07) is 0. The van der Waals surface area contributed by atoms with Crippen molar-refractivity contribution in [1.82, 2.24) is 5.32 Å². The van der Waals surface area contributed by atoms with Crippen LogP contribution in [0.5, 0.6) is 0 Å². The van der Waals surface area contributed by atoms with E-state index in [1.165, 1.54) is 12.8 Å². The van der Waals surface area contributed by atoms with Crippen molar-refractivity contribution in [3.05, 3.63) is 0 Å². The van der Waals surface area contributed by atoms with Crippen LogP contribution in [0, 0.1) is 0 Å². The summed E-state index contributed by atoms with van der Waals surface area (Å²) in [5.74, 6) is 0.103. The number of nitrogens with two attached hydrogens (primary N) is 1. The zero-order chi connectivity index (χ0) is 12.2. The highest BCUT2D eigenvalue weighted by Gasteiger charge is 2.31. The monoisotopic (exact) mass is 244 g/mol. The lowest BCUT2D eigenvalue weighted by molar-refractivity contribution is -0.122. The van der Waals surface area contributed by atoms with Crippen LogP contribution in [-0.4, -0.2) is 29.0 Å². The highest BCUT2D eigenvalue weighted by molar-refractivity contribution is 7.99. The maximum Gasteiger partial charge on any atom is 0.221 e. The zero-order valence-electron chi connectivity index (χ0n) is 10.6. The van der Waals surface area contributed by atoms with E-state index in [1.54, 1.807) is 11.8 Å². The number of rotatable bonds is 5. The third kappa shape index (κ3) is 4.34. The fraction of sp³-hybridized carbons (Fsp3) is 0.917. The summed E-state index contributed by atoms with van der Waals surface area (Å²) in [5.41, 5.74) is 5.94. The standard InChI is InChI=1S/C12H24N2OS/c1-11(2,16-3)9-14-10(15)8-12(13)6-4-5-7-12/h4-9,13H2,1-3H3,(H,14,15). The molecule has 1 aliphatic carbocycles. The van der Waals surface area contributed by atoms with Gasteiger partial charge in [-0.1, -0.05) is 12.8 Å². The molecule has 16 heavy (non-hydrogen) atoms. The molecule has 1 fully saturated rings. The topological polar surface area (TPSA) is 55.1 Å². The molecular weight excluding hydrogens is 220 g/mol. The summed E-state index contributed by atoms with van der Waals surface area (Å²) in [5, 5.41) is 2.99. The lowest BCUT2D eigenvalue weighted by Gasteiger charge is -2.26. The number of carbonyl (C=O) groups excluding carboxylic acids is 1. The first kappa shape index (κ1) is 13.8. The summed E-state index contributed by atoms with van der Waals surface area (Å²) in [6.07, 6.45) is 6.86. The van der Waals surface area contributed by atoms with Gasteiger partial charge in [-0.05, 0) is 32.9 Å². The molecule has 0 atom stereocenters. The summed E-state index contributed by atoms with van der Waals surface area (Å²) >= 11 is 1.76. The Labute approximate surface area is 103 Å². The van der Waals surface area contributed by atoms with Crippen molar-refractivity contribution in [1.29, 1.82) is 0 Å². The normalized spacial score (nSPS) is 19.8. The number of thioether (sulfide) groups is 1. The van der Waals surface area contributed by atoms with Crippen LogP contribution in [0.4, 0.5) is 0 Å². The molecule has 0 radical (unpaired) electrons. The third-order valence-electron chi connectivity index (χ3n) is 3.38. The van der Waals surface area contributed by atoms with Crippen molar-refractivity contribution in [2.45, 2.75) is 56.2 Å². The second-order valence-corrected chi connectivity index (χ2v) is 7.00. The molecule has 0 heterocycles. The average Bonchev–Trinajstić information content (AvgIpc) is 2.62. The molecular formula is C12H24N2OS. The highest BCUT2D eigenvalue weighted by Crippen LogP contribution is 2.30. The second-order valence-electron chi connectivity index (χ2n) is 5.49. The van der Waals surface area contributed by atoms with E-state index in [9.17, 15) is 4.79 Å². The highest BCUT2D eigenvalue weighted by atomic mass is 32.2. The minimum Gasteiger partial charge on any atom is -0.355 e. The van der Waals surface area contributed by atoms with Gasteiger partial charge in [0.05, 0.1) is 0 Å². The lowest BCUT2D eigenvalue weighted by atomic mass is 9.94. The van der Waals surface area contributed by atoms with Crippen LogP contribution in [0.2, 0.25) is 0 Å². The predicted molar refractivity (Wildman–Crippen MR) is 70.6 cm³/mol. The molecule has 1 saturated carbocycles. The first-order chi connectivity index (χ1) is 7.37. The van der Waals surface area contributed by atoms with Gasteiger partial charge in [0, 0.05) is 23.3 Å². The predicted octanol–water partition coefficient (Wildman–Crippen LogP) is 1.91. The Hall–Kier alpha value is -0.220. The smallest absolute Gasteiger partial charge is 0.221 e. The molecule has 3 N–H and O–H groups in total. The minimum absolute atomic E-state index is 0.103. The van der Waals surface area contributed by atoms with E-state index in [-0.39, 0.29) is 16.2 Å². The molecule has 3 nitrogen and oxygen atoms in total. The first-order valence-electron chi connectivity index (χ1n) is 5.98. The van der Waals surface area contributed by atoms with Gasteiger partial charge in [0.25, 0.3) is 0 Å². The minimum atomic E-state index is -0.229. The molecule has 0 aliphatic heterocycles. The Balaban J connectivity index is 2.31. The van der Waals surface area contributed by atoms with Crippen LogP contribution in [0.3, 0.4) is 0 Å². The van der Waals surface area contributed by atoms with Gasteiger partial charge in [-0.3, -0.25) is 4.79 Å². The molecule has 1 aliphatic rings. The third-order valence-corrected chi connectivity index (χ3v) is 4.63. The van der Waals surface area contributed by atoms with Gasteiger partial charge < -0.3 is 11.1 Å². The van der Waals surface area contributed by atoms with E-state index in [1.807, 2.05) is 0 Å². The number of hydrogen-bond acceptors (Lipinski definition) is 3. The number of nitrogens with one attached hydrogen (secondary N) is 1. The fourth-order valence-electron chi connectivity index (χ4n) is 2.02. The fourth-order valence-corrected chi connectivity index (χ4v) is 2.24. The van der Waals surface area contributed by atoms with Gasteiger partial charge in [0.15, 0.2) is 0 Å². The molecule has 0 spiro atoms. The maximum absolute atomic E-state index is 11.8. The molecule has 0 bridgehead atoms. The quantitative estimate of drug-likeness (QED) is 0.776. The zero-order valence-corrected chi connectivity index (χ0v) is 11.5. The number of carbonyl (C=O) groups is 1. The largest absolute Gasteiger partial charge is 0.355 e. The number of hydrogen-bond donors (Lipinski definition) is 2. The van der Waals surface area contributed by atoms with E-state index < -0.39 is 0 Å². The van der Waals surface area contributed by atoms with Gasteiger partial charge in [0.1, 0.15) is 0 Å². The van der Waals surface area contributed by atoms with Crippen LogP contribution >= 0.6 is 11.8 Å². The molecule has 0 aromatic carbocycles. The van der Waals surface area contributed by atoms with Gasteiger partial charge in [-0.15, -0.1) is 0 Å². The van der Waals surface area contributed by atoms with E-state index in [0.29, 0.717) is 13.0 Å². The molecule has 0 unspecified atom stereocenters. The van der Waals surface area contributed by atoms with Crippen LogP contribution in [-0.2, 0) is 4.79 Å². The molecule has 0 aromatic rings. The number of amides is 1. The summed E-state index contributed by atoms with van der Waals surface area (Å²) in [4.78, 5) is 11.8. The van der Waals surface area contributed by atoms with Crippen molar-refractivity contribution in [2.75, 3.05) is 12.8 Å². The van der Waals surface area contributed by atoms with E-state index in [2.05, 4.69) is 25.4 Å². The first-order valence-corrected chi connectivity index (χ1v) is 7.20. The molecule has 4 heteroatoms. The Kier molecular flexibility index (Phi) is 4.68. The molecule has 94 valence electrons. The van der Waals surface area contributed by atoms with Crippen molar-refractivity contribution >= 4 is 17.7 Å². The van der Waals surface area contributed by atoms with E-state index in [4.69, 9.17) is 5.73 Å². The summed E-state index contributed by atoms with van der Waals surface area (Å²) < 4.78 is 0.104. The van der Waals surface area contributed by atoms with Gasteiger partial charge in [-0.25, -0.2) is 0 Å². The van der Waals surface area contributed by atoms with Crippen LogP contribution in [0.1, 0.15) is 46.0 Å². The summed E-state index contributed by atoms with van der Waals surface area (Å²) in [6.45, 7) is 4.97. The van der Waals surface area contributed by atoms with Crippen LogP contribution in [0.15, 0.2) is 0 Å². The molecule has 0 saturated heterocycles. The van der Waals surface area contributed by atoms with E-state index >= 15 is 0 Å². The Morgan fingerprint density at radius 2 is 2.00 bits per heavy atom. The Morgan fingerprint density at radius 1 is 1.44 bits per heavy atom. The van der Waals surface area contributed by atoms with Crippen molar-refractivity contribution < 1.29 is 4.79 Å². The Morgan fingerprint density at radius 3 is 2.50 bits per heavy atom. The van der Waals surface area contributed by atoms with Crippen molar-refractivity contribution in [3.8, 4) is 0 Å². The maximum atomic E-state index is 11.8. The lowest BCUT2D eigenvalue weighted by Crippen LogP contribution is -2.44. The van der Waals surface area contributed by atoms with Crippen molar-refractivity contribution in [3.63, 3.8) is 0 Å². The van der Waals surface area contributed by atoms with Gasteiger partial charge in [0.2, 0.25) is 5.91 Å². The molecule has 1 amide bonds. The summed E-state index contributed by atoms with van der Waals surface area (Å²) in [7, 11) is 0. The Bertz CT molecular complexity index is 247. The van der Waals surface area contributed by atoms with Crippen LogP contribution in [0.25, 0.3) is 0 Å². The van der Waals surface area contributed by atoms with Gasteiger partial charge >= 0.3 is 0 Å². The van der Waals surface area contributed by atoms with Crippen LogP contribution < -0.4 is 11.1 Å². The molecule has 0 aromatic heterocycles. The molecule has 1 rings (SSSR count). The van der Waals surface area contributed by atoms with E-state index in [0.717, 1.165) is 12.8 Å². The van der Waals surface area contributed by atoms with Crippen molar-refractivity contribution in [2.24, 2.45) is 5.73 Å². The second kappa shape index (κ2) is 5.41. The average molecular weight is 244 g/mol. The van der Waals surface area contributed by atoms with Gasteiger partial charge in [-0.2, -0.15) is 11.8 Å². The SMILES string of the molecule is CSC(C)(C)CNC(=O)CC1(N)CCCC1.